The van der Waals surface area contributed by atoms with Gasteiger partial charge in [-0.1, -0.05) is 23.7 Å². The lowest BCUT2D eigenvalue weighted by Crippen LogP contribution is -2.32. The highest BCUT2D eigenvalue weighted by Gasteiger charge is 2.15. The molecule has 1 aromatic heterocycles. The highest BCUT2D eigenvalue weighted by atomic mass is 35.5. The van der Waals surface area contributed by atoms with Crippen LogP contribution in [0.5, 0.6) is 0 Å². The largest absolute Gasteiger partial charge is 0.480 e. The van der Waals surface area contributed by atoms with Gasteiger partial charge in [-0.3, -0.25) is 4.79 Å². The van der Waals surface area contributed by atoms with Crippen molar-refractivity contribution in [2.75, 3.05) is 0 Å². The standard InChI is InChI=1S/C13H12ClNO3/c14-10-4-2-1-3-9(10)12-6-5-8(18-12)7-11(15)13(16)17/h1-6,11H,7,15H2,(H,16,17)/t11-/m0/s1. The van der Waals surface area contributed by atoms with Crippen LogP contribution in [0.15, 0.2) is 40.8 Å². The lowest BCUT2D eigenvalue weighted by Gasteiger charge is -2.03. The third kappa shape index (κ3) is 2.72. The topological polar surface area (TPSA) is 76.5 Å². The normalized spacial score (nSPS) is 12.3. The van der Waals surface area contributed by atoms with Gasteiger partial charge in [0.05, 0.1) is 5.02 Å². The minimum absolute atomic E-state index is 0.153. The van der Waals surface area contributed by atoms with E-state index in [0.29, 0.717) is 16.5 Å². The van der Waals surface area contributed by atoms with Crippen LogP contribution < -0.4 is 5.73 Å². The average molecular weight is 266 g/mol. The lowest BCUT2D eigenvalue weighted by molar-refractivity contribution is -0.138. The Morgan fingerprint density at radius 2 is 2.06 bits per heavy atom. The summed E-state index contributed by atoms with van der Waals surface area (Å²) in [6, 6.07) is 9.79. The minimum Gasteiger partial charge on any atom is -0.480 e. The zero-order valence-electron chi connectivity index (χ0n) is 9.47. The lowest BCUT2D eigenvalue weighted by atomic mass is 10.2. The number of carboxylic acids is 1. The summed E-state index contributed by atoms with van der Waals surface area (Å²) < 4.78 is 5.54. The van der Waals surface area contributed by atoms with Crippen molar-refractivity contribution in [1.82, 2.24) is 0 Å². The van der Waals surface area contributed by atoms with E-state index in [-0.39, 0.29) is 6.42 Å². The third-order valence-electron chi connectivity index (χ3n) is 2.54. The Morgan fingerprint density at radius 1 is 1.33 bits per heavy atom. The molecule has 0 spiro atoms. The number of rotatable bonds is 4. The monoisotopic (exact) mass is 265 g/mol. The van der Waals surface area contributed by atoms with Crippen molar-refractivity contribution in [2.24, 2.45) is 5.73 Å². The molecule has 0 fully saturated rings. The van der Waals surface area contributed by atoms with Crippen molar-refractivity contribution < 1.29 is 14.3 Å². The van der Waals surface area contributed by atoms with Crippen LogP contribution in [0.25, 0.3) is 11.3 Å². The molecule has 2 rings (SSSR count). The number of carboxylic acid groups (broad SMARTS) is 1. The molecule has 1 aromatic carbocycles. The zero-order valence-corrected chi connectivity index (χ0v) is 10.2. The van der Waals surface area contributed by atoms with Crippen molar-refractivity contribution in [2.45, 2.75) is 12.5 Å². The number of hydrogen-bond acceptors (Lipinski definition) is 3. The zero-order chi connectivity index (χ0) is 13.1. The molecule has 0 aliphatic carbocycles. The molecule has 0 unspecified atom stereocenters. The van der Waals surface area contributed by atoms with Crippen molar-refractivity contribution in [3.05, 3.63) is 47.2 Å². The summed E-state index contributed by atoms with van der Waals surface area (Å²) in [7, 11) is 0. The minimum atomic E-state index is -1.05. The average Bonchev–Trinajstić information content (AvgIpc) is 2.77. The number of benzene rings is 1. The highest BCUT2D eigenvalue weighted by Crippen LogP contribution is 2.29. The number of nitrogens with two attached hydrogens (primary N) is 1. The fraction of sp³-hybridized carbons (Fsp3) is 0.154. The van der Waals surface area contributed by atoms with Crippen LogP contribution in [0, 0.1) is 0 Å². The van der Waals surface area contributed by atoms with Gasteiger partial charge < -0.3 is 15.3 Å². The Morgan fingerprint density at radius 3 is 2.72 bits per heavy atom. The number of carbonyl (C=O) groups is 1. The van der Waals surface area contributed by atoms with E-state index < -0.39 is 12.0 Å². The van der Waals surface area contributed by atoms with Crippen molar-refractivity contribution in [1.29, 1.82) is 0 Å². The van der Waals surface area contributed by atoms with E-state index in [1.165, 1.54) is 0 Å². The third-order valence-corrected chi connectivity index (χ3v) is 2.87. The first kappa shape index (κ1) is 12.7. The van der Waals surface area contributed by atoms with Gasteiger partial charge in [-0.15, -0.1) is 0 Å². The van der Waals surface area contributed by atoms with Crippen LogP contribution >= 0.6 is 11.6 Å². The Labute approximate surface area is 109 Å². The van der Waals surface area contributed by atoms with E-state index in [0.717, 1.165) is 5.56 Å². The molecule has 0 bridgehead atoms. The molecular formula is C13H12ClNO3. The first-order chi connectivity index (χ1) is 8.58. The Bertz CT molecular complexity index is 565. The second kappa shape index (κ2) is 5.25. The van der Waals surface area contributed by atoms with E-state index in [2.05, 4.69) is 0 Å². The molecule has 1 atom stereocenters. The number of furan rings is 1. The molecule has 3 N–H and O–H groups in total. The van der Waals surface area contributed by atoms with E-state index in [9.17, 15) is 4.79 Å². The summed E-state index contributed by atoms with van der Waals surface area (Å²) in [6.45, 7) is 0. The molecule has 0 radical (unpaired) electrons. The summed E-state index contributed by atoms with van der Waals surface area (Å²) in [5.74, 6) is 0.0821. The molecule has 1 heterocycles. The van der Waals surface area contributed by atoms with Crippen LogP contribution in [0.1, 0.15) is 5.76 Å². The summed E-state index contributed by atoms with van der Waals surface area (Å²) in [5, 5.41) is 9.31. The molecule has 5 heteroatoms. The maximum Gasteiger partial charge on any atom is 0.320 e. The smallest absolute Gasteiger partial charge is 0.320 e. The van der Waals surface area contributed by atoms with Gasteiger partial charge in [-0.25, -0.2) is 0 Å². The van der Waals surface area contributed by atoms with Gasteiger partial charge in [0, 0.05) is 12.0 Å². The van der Waals surface area contributed by atoms with E-state index >= 15 is 0 Å². The summed E-state index contributed by atoms with van der Waals surface area (Å²) in [6.07, 6.45) is 0.153. The predicted octanol–water partition coefficient (Wildman–Crippen LogP) is 2.55. The fourth-order valence-corrected chi connectivity index (χ4v) is 1.83. The van der Waals surface area contributed by atoms with Crippen molar-refractivity contribution >= 4 is 17.6 Å². The van der Waals surface area contributed by atoms with Crippen LogP contribution in [0.4, 0.5) is 0 Å². The number of hydrogen-bond donors (Lipinski definition) is 2. The van der Waals surface area contributed by atoms with Crippen molar-refractivity contribution in [3.63, 3.8) is 0 Å². The van der Waals surface area contributed by atoms with Gasteiger partial charge in [-0.05, 0) is 24.3 Å². The first-order valence-electron chi connectivity index (χ1n) is 5.40. The molecule has 0 saturated heterocycles. The molecule has 0 saturated carbocycles. The molecule has 0 aliphatic rings. The molecule has 0 aliphatic heterocycles. The van der Waals surface area contributed by atoms with Crippen LogP contribution in [-0.2, 0) is 11.2 Å². The van der Waals surface area contributed by atoms with Crippen LogP contribution in [0.3, 0.4) is 0 Å². The first-order valence-corrected chi connectivity index (χ1v) is 5.77. The SMILES string of the molecule is N[C@@H](Cc1ccc(-c2ccccc2Cl)o1)C(=O)O. The Balaban J connectivity index is 2.21. The van der Waals surface area contributed by atoms with Gasteiger partial charge in [0.15, 0.2) is 0 Å². The van der Waals surface area contributed by atoms with E-state index in [1.807, 2.05) is 18.2 Å². The maximum atomic E-state index is 10.6. The number of halogens is 1. The molecule has 0 amide bonds. The van der Waals surface area contributed by atoms with E-state index in [1.54, 1.807) is 18.2 Å². The Hall–Kier alpha value is -1.78. The molecule has 2 aromatic rings. The summed E-state index contributed by atoms with van der Waals surface area (Å²) in [4.78, 5) is 10.6. The second-order valence-electron chi connectivity index (χ2n) is 3.89. The molecular weight excluding hydrogens is 254 g/mol. The highest BCUT2D eigenvalue weighted by molar-refractivity contribution is 6.33. The van der Waals surface area contributed by atoms with Gasteiger partial charge in [0.25, 0.3) is 0 Å². The van der Waals surface area contributed by atoms with Crippen LogP contribution in [0.2, 0.25) is 5.02 Å². The van der Waals surface area contributed by atoms with Gasteiger partial charge in [-0.2, -0.15) is 0 Å². The quantitative estimate of drug-likeness (QED) is 0.891. The van der Waals surface area contributed by atoms with Gasteiger partial charge >= 0.3 is 5.97 Å². The number of aliphatic carboxylic acids is 1. The van der Waals surface area contributed by atoms with E-state index in [4.69, 9.17) is 26.9 Å². The van der Waals surface area contributed by atoms with Gasteiger partial charge in [0.1, 0.15) is 17.6 Å². The summed E-state index contributed by atoms with van der Waals surface area (Å²) in [5.41, 5.74) is 6.21. The molecule has 18 heavy (non-hydrogen) atoms. The molecule has 4 nitrogen and oxygen atoms in total. The fourth-order valence-electron chi connectivity index (χ4n) is 1.60. The van der Waals surface area contributed by atoms with Crippen molar-refractivity contribution in [3.8, 4) is 11.3 Å². The Kier molecular flexibility index (Phi) is 3.69. The summed E-state index contributed by atoms with van der Waals surface area (Å²) >= 11 is 6.05. The van der Waals surface area contributed by atoms with Crippen LogP contribution in [-0.4, -0.2) is 17.1 Å². The second-order valence-corrected chi connectivity index (χ2v) is 4.30. The molecule has 94 valence electrons. The predicted molar refractivity (Wildman–Crippen MR) is 68.5 cm³/mol. The maximum absolute atomic E-state index is 10.6. The van der Waals surface area contributed by atoms with Gasteiger partial charge in [0.2, 0.25) is 0 Å².